The molecule has 0 saturated heterocycles. The number of sulfonamides is 1. The minimum atomic E-state index is -4.26. The summed E-state index contributed by atoms with van der Waals surface area (Å²) in [6.45, 7) is 0. The van der Waals surface area contributed by atoms with Crippen LogP contribution in [0.1, 0.15) is 41.7 Å². The lowest BCUT2D eigenvalue weighted by molar-refractivity contribution is -0.123. The number of allylic oxidation sites excluding steroid dienone is 3. The fraction of sp³-hybridized carbons (Fsp3) is 0.269. The largest absolute Gasteiger partial charge is 0.475 e. The molecular formula is C26H26BN3O6S. The van der Waals surface area contributed by atoms with Gasteiger partial charge in [-0.1, -0.05) is 48.6 Å². The molecule has 1 saturated carbocycles. The zero-order valence-electron chi connectivity index (χ0n) is 19.9. The third kappa shape index (κ3) is 7.24. The Morgan fingerprint density at radius 1 is 1.16 bits per heavy atom. The van der Waals surface area contributed by atoms with Gasteiger partial charge in [0.15, 0.2) is 0 Å². The Hall–Kier alpha value is -3.56. The highest BCUT2D eigenvalue weighted by molar-refractivity contribution is 7.89. The molecule has 1 aromatic heterocycles. The Kier molecular flexibility index (Phi) is 8.36. The van der Waals surface area contributed by atoms with Gasteiger partial charge in [0.1, 0.15) is 11.7 Å². The van der Waals surface area contributed by atoms with Gasteiger partial charge in [0.05, 0.1) is 10.8 Å². The van der Waals surface area contributed by atoms with E-state index >= 15 is 0 Å². The molecule has 0 bridgehead atoms. The van der Waals surface area contributed by atoms with Crippen LogP contribution in [-0.4, -0.2) is 54.2 Å². The quantitative estimate of drug-likeness (QED) is 0.189. The van der Waals surface area contributed by atoms with E-state index in [0.717, 1.165) is 12.8 Å². The maximum atomic E-state index is 13.3. The highest BCUT2D eigenvalue weighted by atomic mass is 32.2. The molecule has 37 heavy (non-hydrogen) atoms. The number of hydrogen-bond donors (Lipinski definition) is 4. The van der Waals surface area contributed by atoms with Gasteiger partial charge in [-0.25, -0.2) is 8.42 Å². The molecule has 0 aliphatic heterocycles. The molecule has 1 fully saturated rings. The van der Waals surface area contributed by atoms with Gasteiger partial charge >= 0.3 is 7.12 Å². The van der Waals surface area contributed by atoms with E-state index in [0.29, 0.717) is 17.9 Å². The minimum absolute atomic E-state index is 0.0490. The van der Waals surface area contributed by atoms with Crippen molar-refractivity contribution < 1.29 is 28.1 Å². The first-order valence-electron chi connectivity index (χ1n) is 11.8. The molecule has 1 aromatic carbocycles. The number of ketones is 1. The van der Waals surface area contributed by atoms with Crippen molar-refractivity contribution in [3.05, 3.63) is 95.2 Å². The Morgan fingerprint density at radius 3 is 2.62 bits per heavy atom. The average molecular weight is 519 g/mol. The molecular weight excluding hydrogens is 493 g/mol. The number of nitrogens with one attached hydrogen (secondary N) is 2. The summed E-state index contributed by atoms with van der Waals surface area (Å²) < 4.78 is 29.1. The summed E-state index contributed by atoms with van der Waals surface area (Å²) in [5, 5.41) is 22.1. The third-order valence-electron chi connectivity index (χ3n) is 6.02. The number of rotatable bonds is 12. The lowest BCUT2D eigenvalue weighted by atomic mass is 9.76. The van der Waals surface area contributed by atoms with Crippen molar-refractivity contribution in [1.29, 1.82) is 0 Å². The molecule has 2 aromatic rings. The first-order valence-corrected chi connectivity index (χ1v) is 13.3. The molecule has 4 N–H and O–H groups in total. The van der Waals surface area contributed by atoms with Gasteiger partial charge in [0.2, 0.25) is 21.7 Å². The molecule has 4 rings (SSSR count). The van der Waals surface area contributed by atoms with Crippen molar-refractivity contribution in [2.75, 3.05) is 0 Å². The number of aromatic nitrogens is 1. The summed E-state index contributed by atoms with van der Waals surface area (Å²) in [5.74, 6) is -1.79. The second kappa shape index (κ2) is 11.7. The first-order chi connectivity index (χ1) is 17.7. The van der Waals surface area contributed by atoms with Crippen LogP contribution >= 0.6 is 0 Å². The molecule has 0 radical (unpaired) electrons. The number of hydrogen-bond acceptors (Lipinski definition) is 7. The predicted octanol–water partition coefficient (Wildman–Crippen LogP) is 1.45. The van der Waals surface area contributed by atoms with Gasteiger partial charge < -0.3 is 15.4 Å². The second-order valence-electron chi connectivity index (χ2n) is 8.98. The number of nitrogens with zero attached hydrogens (tertiary/aromatic N) is 1. The van der Waals surface area contributed by atoms with Crippen molar-refractivity contribution in [2.24, 2.45) is 5.92 Å². The molecule has 0 unspecified atom stereocenters. The summed E-state index contributed by atoms with van der Waals surface area (Å²) in [6, 6.07) is 9.04. The minimum Gasteiger partial charge on any atom is -0.426 e. The van der Waals surface area contributed by atoms with Crippen LogP contribution in [0.2, 0.25) is 0 Å². The molecule has 190 valence electrons. The van der Waals surface area contributed by atoms with Crippen molar-refractivity contribution in [3.8, 4) is 0 Å². The van der Waals surface area contributed by atoms with Crippen LogP contribution in [0.15, 0.2) is 88.8 Å². The first kappa shape index (κ1) is 26.5. The van der Waals surface area contributed by atoms with E-state index in [-0.39, 0.29) is 22.6 Å². The summed E-state index contributed by atoms with van der Waals surface area (Å²) >= 11 is 0. The molecule has 9 nitrogen and oxygen atoms in total. The van der Waals surface area contributed by atoms with Crippen LogP contribution in [0.4, 0.5) is 0 Å². The lowest BCUT2D eigenvalue weighted by Gasteiger charge is -2.23. The molecule has 2 aliphatic carbocycles. The average Bonchev–Trinajstić information content (AvgIpc) is 3.72. The highest BCUT2D eigenvalue weighted by Crippen LogP contribution is 2.33. The van der Waals surface area contributed by atoms with Crippen LogP contribution < -0.4 is 10.0 Å². The smallest absolute Gasteiger partial charge is 0.426 e. The summed E-state index contributed by atoms with van der Waals surface area (Å²) in [7, 11) is -6.05. The van der Waals surface area contributed by atoms with E-state index in [9.17, 15) is 28.1 Å². The topological polar surface area (TPSA) is 146 Å². The highest BCUT2D eigenvalue weighted by Gasteiger charge is 2.35. The molecule has 1 heterocycles. The Morgan fingerprint density at radius 2 is 1.97 bits per heavy atom. The monoisotopic (exact) mass is 519 g/mol. The van der Waals surface area contributed by atoms with Gasteiger partial charge in [0, 0.05) is 23.8 Å². The van der Waals surface area contributed by atoms with Gasteiger partial charge in [-0.3, -0.25) is 14.6 Å². The van der Waals surface area contributed by atoms with Crippen LogP contribution in [0.5, 0.6) is 0 Å². The number of benzene rings is 1. The number of carbonyl (C=O) groups is 2. The fourth-order valence-corrected chi connectivity index (χ4v) is 5.11. The molecule has 11 heteroatoms. The summed E-state index contributed by atoms with van der Waals surface area (Å²) in [6.07, 6.45) is 8.68. The van der Waals surface area contributed by atoms with E-state index in [4.69, 9.17) is 0 Å². The van der Waals surface area contributed by atoms with E-state index in [1.165, 1.54) is 36.5 Å². The van der Waals surface area contributed by atoms with Crippen molar-refractivity contribution in [1.82, 2.24) is 15.0 Å². The normalized spacial score (nSPS) is 16.1. The zero-order valence-corrected chi connectivity index (χ0v) is 20.7. The SMILES string of the molecule is O=C(c1cccc(S(=O)(=O)N[C@@H](CC2=C=C=CC=C2)C(=O)N[C@@H](CC2CC2)B(O)O)c1)c1ccccn1. The molecule has 0 spiro atoms. The van der Waals surface area contributed by atoms with Crippen LogP contribution in [-0.2, 0) is 14.8 Å². The Bertz CT molecular complexity index is 1410. The number of pyridine rings is 1. The van der Waals surface area contributed by atoms with Gasteiger partial charge in [-0.15, -0.1) is 0 Å². The van der Waals surface area contributed by atoms with Crippen LogP contribution in [0, 0.1) is 5.92 Å². The van der Waals surface area contributed by atoms with Crippen LogP contribution in [0.25, 0.3) is 0 Å². The molecule has 2 atom stereocenters. The summed E-state index contributed by atoms with van der Waals surface area (Å²) in [4.78, 5) is 29.8. The maximum Gasteiger partial charge on any atom is 0.475 e. The van der Waals surface area contributed by atoms with E-state index < -0.39 is 40.8 Å². The standard InChI is InChI=1S/C26H26BN3O6S/c31-25(22-11-4-5-14-28-22)20-9-6-10-21(17-20)37(35,36)30-23(15-18-7-2-1-3-8-18)26(32)29-24(27(33)34)16-19-12-13-19/h1-2,4-7,9-11,14,17,19,23-24,30,33-34H,12-13,15-16H2,(H,29,32)/t23-,24-/m0/s1. The third-order valence-corrected chi connectivity index (χ3v) is 7.49. The Labute approximate surface area is 215 Å². The number of amides is 1. The van der Waals surface area contributed by atoms with Crippen molar-refractivity contribution >= 4 is 28.8 Å². The van der Waals surface area contributed by atoms with Crippen LogP contribution in [0.3, 0.4) is 0 Å². The molecule has 2 aliphatic rings. The Balaban J connectivity index is 1.58. The zero-order chi connectivity index (χ0) is 26.4. The van der Waals surface area contributed by atoms with Gasteiger partial charge in [-0.05, 0) is 48.8 Å². The van der Waals surface area contributed by atoms with Gasteiger partial charge in [0.25, 0.3) is 0 Å². The van der Waals surface area contributed by atoms with E-state index in [1.54, 1.807) is 30.4 Å². The van der Waals surface area contributed by atoms with E-state index in [2.05, 4.69) is 26.5 Å². The summed E-state index contributed by atoms with van der Waals surface area (Å²) in [5.41, 5.74) is 6.45. The lowest BCUT2D eigenvalue weighted by Crippen LogP contribution is -2.54. The van der Waals surface area contributed by atoms with Gasteiger partial charge in [-0.2, -0.15) is 4.72 Å². The predicted molar refractivity (Wildman–Crippen MR) is 137 cm³/mol. The second-order valence-corrected chi connectivity index (χ2v) is 10.7. The number of carbonyl (C=O) groups excluding carboxylic acids is 2. The van der Waals surface area contributed by atoms with Crippen molar-refractivity contribution in [2.45, 2.75) is 42.6 Å². The molecule has 1 amide bonds. The maximum absolute atomic E-state index is 13.3. The fourth-order valence-electron chi connectivity index (χ4n) is 3.87. The van der Waals surface area contributed by atoms with Crippen molar-refractivity contribution in [3.63, 3.8) is 0 Å². The van der Waals surface area contributed by atoms with E-state index in [1.807, 2.05) is 0 Å².